The van der Waals surface area contributed by atoms with Crippen molar-refractivity contribution in [2.45, 2.75) is 19.8 Å². The first-order chi connectivity index (χ1) is 11.4. The fourth-order valence-corrected chi connectivity index (χ4v) is 3.26. The van der Waals surface area contributed by atoms with E-state index in [9.17, 15) is 9.59 Å². The van der Waals surface area contributed by atoms with Crippen molar-refractivity contribution in [2.24, 2.45) is 0 Å². The minimum Gasteiger partial charge on any atom is -0.493 e. The van der Waals surface area contributed by atoms with E-state index >= 15 is 0 Å². The van der Waals surface area contributed by atoms with Crippen molar-refractivity contribution < 1.29 is 24.2 Å². The summed E-state index contributed by atoms with van der Waals surface area (Å²) in [6.07, 6.45) is 1.42. The van der Waals surface area contributed by atoms with Gasteiger partial charge < -0.3 is 19.9 Å². The number of thioether (sulfide) groups is 1. The number of methoxy groups -OCH3 is 1. The van der Waals surface area contributed by atoms with Crippen molar-refractivity contribution in [1.29, 1.82) is 0 Å². The molecule has 0 saturated carbocycles. The molecule has 1 amide bonds. The van der Waals surface area contributed by atoms with E-state index in [1.807, 2.05) is 19.1 Å². The van der Waals surface area contributed by atoms with E-state index in [1.165, 1.54) is 18.9 Å². The number of thiocarbonyl (C=S) groups is 1. The van der Waals surface area contributed by atoms with E-state index in [-0.39, 0.29) is 5.91 Å². The molecule has 0 radical (unpaired) electrons. The zero-order valence-corrected chi connectivity index (χ0v) is 14.9. The van der Waals surface area contributed by atoms with Crippen LogP contribution >= 0.6 is 24.0 Å². The lowest BCUT2D eigenvalue weighted by atomic mass is 10.0. The third kappa shape index (κ3) is 4.72. The Kier molecular flexibility index (Phi) is 6.22. The van der Waals surface area contributed by atoms with Gasteiger partial charge in [-0.3, -0.25) is 4.79 Å². The number of rotatable bonds is 7. The molecule has 1 saturated heterocycles. The first-order valence-electron chi connectivity index (χ1n) is 7.15. The summed E-state index contributed by atoms with van der Waals surface area (Å²) < 4.78 is 10.9. The molecule has 0 spiro atoms. The molecule has 1 aliphatic rings. The minimum atomic E-state index is -1.05. The summed E-state index contributed by atoms with van der Waals surface area (Å²) in [5.74, 6) is -0.325. The van der Waals surface area contributed by atoms with Crippen LogP contribution in [0.2, 0.25) is 0 Å². The number of hydrogen-bond donors (Lipinski definition) is 2. The zero-order chi connectivity index (χ0) is 17.7. The summed E-state index contributed by atoms with van der Waals surface area (Å²) in [6.45, 7) is 1.49. The van der Waals surface area contributed by atoms with Gasteiger partial charge in [0.1, 0.15) is 4.32 Å². The smallest absolute Gasteiger partial charge is 0.341 e. The van der Waals surface area contributed by atoms with Crippen LogP contribution in [-0.4, -0.2) is 35.0 Å². The van der Waals surface area contributed by atoms with Gasteiger partial charge in [-0.25, -0.2) is 4.79 Å². The van der Waals surface area contributed by atoms with Gasteiger partial charge in [-0.15, -0.1) is 0 Å². The highest BCUT2D eigenvalue weighted by Crippen LogP contribution is 2.31. The summed E-state index contributed by atoms with van der Waals surface area (Å²) in [4.78, 5) is 23.0. The van der Waals surface area contributed by atoms with Gasteiger partial charge in [-0.2, -0.15) is 0 Å². The average Bonchev–Trinajstić information content (AvgIpc) is 2.89. The number of aryl methyl sites for hydroxylation is 1. The number of carbonyl (C=O) groups excluding carboxylic acids is 1. The van der Waals surface area contributed by atoms with Crippen molar-refractivity contribution in [1.82, 2.24) is 5.32 Å². The van der Waals surface area contributed by atoms with Crippen molar-refractivity contribution in [3.05, 3.63) is 34.2 Å². The molecule has 0 bridgehead atoms. The quantitative estimate of drug-likeness (QED) is 0.566. The fraction of sp³-hybridized carbons (Fsp3) is 0.312. The van der Waals surface area contributed by atoms with E-state index in [0.717, 1.165) is 11.1 Å². The van der Waals surface area contributed by atoms with Crippen molar-refractivity contribution in [3.63, 3.8) is 0 Å². The van der Waals surface area contributed by atoms with Crippen LogP contribution in [0.15, 0.2) is 28.7 Å². The molecule has 1 aliphatic heterocycles. The van der Waals surface area contributed by atoms with E-state index in [4.69, 9.17) is 26.8 Å². The lowest BCUT2D eigenvalue weighted by Crippen LogP contribution is -2.18. The van der Waals surface area contributed by atoms with E-state index in [2.05, 4.69) is 5.32 Å². The molecule has 0 atom stereocenters. The summed E-state index contributed by atoms with van der Waals surface area (Å²) in [7, 11) is 1.50. The molecule has 2 rings (SSSR count). The molecular formula is C16H17NO5S2. The molecule has 1 fully saturated rings. The van der Waals surface area contributed by atoms with Crippen LogP contribution in [0.4, 0.5) is 0 Å². The molecule has 1 aromatic rings. The maximum Gasteiger partial charge on any atom is 0.341 e. The predicted octanol–water partition coefficient (Wildman–Crippen LogP) is 2.51. The first-order valence-corrected chi connectivity index (χ1v) is 8.37. The van der Waals surface area contributed by atoms with Crippen molar-refractivity contribution in [3.8, 4) is 11.5 Å². The molecule has 0 aromatic heterocycles. The van der Waals surface area contributed by atoms with Crippen LogP contribution in [-0.2, 0) is 16.0 Å². The van der Waals surface area contributed by atoms with Gasteiger partial charge in [0.05, 0.1) is 12.0 Å². The van der Waals surface area contributed by atoms with Gasteiger partial charge >= 0.3 is 5.97 Å². The monoisotopic (exact) mass is 367 g/mol. The van der Waals surface area contributed by atoms with Gasteiger partial charge in [-0.1, -0.05) is 35.6 Å². The third-order valence-electron chi connectivity index (χ3n) is 3.37. The molecule has 6 nitrogen and oxygen atoms in total. The summed E-state index contributed by atoms with van der Waals surface area (Å²) in [5, 5.41) is 11.3. The lowest BCUT2D eigenvalue weighted by Gasteiger charge is -2.11. The lowest BCUT2D eigenvalue weighted by molar-refractivity contribution is -0.139. The molecule has 24 heavy (non-hydrogen) atoms. The Morgan fingerprint density at radius 2 is 2.12 bits per heavy atom. The standard InChI is InChI=1S/C16H17NO5S2/c1-9(14-15(20)17-16(23)24-14)3-4-10-5-6-11(12(7-10)21-2)22-8-13(18)19/h5-7H,3-4,8H2,1-2H3,(H,18,19)(H,17,20,23). The molecule has 1 heterocycles. The maximum atomic E-state index is 11.7. The Morgan fingerprint density at radius 3 is 2.71 bits per heavy atom. The minimum absolute atomic E-state index is 0.141. The normalized spacial score (nSPS) is 15.9. The maximum absolute atomic E-state index is 11.7. The van der Waals surface area contributed by atoms with Crippen molar-refractivity contribution in [2.75, 3.05) is 13.7 Å². The molecule has 8 heteroatoms. The number of amides is 1. The van der Waals surface area contributed by atoms with Crippen LogP contribution in [0, 0.1) is 0 Å². The Balaban J connectivity index is 2.05. The fourth-order valence-electron chi connectivity index (χ4n) is 2.17. The highest BCUT2D eigenvalue weighted by molar-refractivity contribution is 8.26. The number of ether oxygens (including phenoxy) is 2. The summed E-state index contributed by atoms with van der Waals surface area (Å²) in [6, 6.07) is 5.34. The van der Waals surface area contributed by atoms with E-state index in [0.29, 0.717) is 33.6 Å². The topological polar surface area (TPSA) is 84.9 Å². The number of allylic oxidation sites excluding steroid dienone is 1. The van der Waals surface area contributed by atoms with Crippen LogP contribution in [0.25, 0.3) is 0 Å². The van der Waals surface area contributed by atoms with E-state index < -0.39 is 12.6 Å². The second kappa shape index (κ2) is 8.16. The van der Waals surface area contributed by atoms with Gasteiger partial charge in [-0.05, 0) is 37.5 Å². The van der Waals surface area contributed by atoms with Crippen LogP contribution in [0.3, 0.4) is 0 Å². The zero-order valence-electron chi connectivity index (χ0n) is 13.3. The van der Waals surface area contributed by atoms with Crippen LogP contribution in [0.1, 0.15) is 18.9 Å². The molecule has 0 unspecified atom stereocenters. The number of carboxylic acid groups (broad SMARTS) is 1. The Bertz CT molecular complexity index is 714. The highest BCUT2D eigenvalue weighted by Gasteiger charge is 2.24. The SMILES string of the molecule is COc1cc(CCC(C)=C2SC(=S)NC2=O)ccc1OCC(=O)O. The summed E-state index contributed by atoms with van der Waals surface area (Å²) in [5.41, 5.74) is 1.97. The van der Waals surface area contributed by atoms with Crippen molar-refractivity contribution >= 4 is 40.2 Å². The highest BCUT2D eigenvalue weighted by atomic mass is 32.2. The first kappa shape index (κ1) is 18.3. The number of carbonyl (C=O) groups is 2. The number of nitrogens with one attached hydrogen (secondary N) is 1. The summed E-state index contributed by atoms with van der Waals surface area (Å²) >= 11 is 6.27. The van der Waals surface area contributed by atoms with E-state index in [1.54, 1.807) is 6.07 Å². The molecular weight excluding hydrogens is 350 g/mol. The number of carboxylic acids is 1. The van der Waals surface area contributed by atoms with Gasteiger partial charge in [0.15, 0.2) is 18.1 Å². The van der Waals surface area contributed by atoms with Crippen LogP contribution in [0.5, 0.6) is 11.5 Å². The van der Waals surface area contributed by atoms with Gasteiger partial charge in [0, 0.05) is 0 Å². The second-order valence-corrected chi connectivity index (χ2v) is 6.81. The molecule has 1 aromatic carbocycles. The number of hydrogen-bond acceptors (Lipinski definition) is 6. The Hall–Kier alpha value is -2.06. The third-order valence-corrected chi connectivity index (χ3v) is 4.75. The largest absolute Gasteiger partial charge is 0.493 e. The van der Waals surface area contributed by atoms with Gasteiger partial charge in [0.25, 0.3) is 5.91 Å². The van der Waals surface area contributed by atoms with Crippen LogP contribution < -0.4 is 14.8 Å². The number of aliphatic carboxylic acids is 1. The number of benzene rings is 1. The average molecular weight is 367 g/mol. The molecule has 0 aliphatic carbocycles. The Morgan fingerprint density at radius 1 is 1.38 bits per heavy atom. The Labute approximate surface area is 149 Å². The molecule has 2 N–H and O–H groups in total. The van der Waals surface area contributed by atoms with Gasteiger partial charge in [0.2, 0.25) is 0 Å². The predicted molar refractivity (Wildman–Crippen MR) is 95.5 cm³/mol. The second-order valence-electron chi connectivity index (χ2n) is 5.12. The molecule has 128 valence electrons.